The standard InChI is InChI=1S/C29H46N8O2S/c1-22(2)37(23(3)4)11-10-30-28(38)21-34-12-14-36(15-13-34)27-20-26(32-29(33-27)40-5)31-24-6-8-25(9-7-24)35-16-18-39-19-17-35/h6-9,20,22-23H,10-19,21H2,1-5H3,(H,30,38)(H,31,32,33). The van der Waals surface area contributed by atoms with Crippen molar-refractivity contribution in [1.29, 1.82) is 0 Å². The van der Waals surface area contributed by atoms with Gasteiger partial charge in [0.15, 0.2) is 5.16 Å². The van der Waals surface area contributed by atoms with Crippen LogP contribution in [0.2, 0.25) is 0 Å². The van der Waals surface area contributed by atoms with Gasteiger partial charge in [-0.15, -0.1) is 0 Å². The third kappa shape index (κ3) is 8.70. The summed E-state index contributed by atoms with van der Waals surface area (Å²) in [5, 5.41) is 7.31. The molecule has 0 unspecified atom stereocenters. The molecule has 10 nitrogen and oxygen atoms in total. The second-order valence-corrected chi connectivity index (χ2v) is 11.7. The lowest BCUT2D eigenvalue weighted by molar-refractivity contribution is -0.122. The van der Waals surface area contributed by atoms with E-state index < -0.39 is 0 Å². The van der Waals surface area contributed by atoms with E-state index in [2.05, 4.69) is 82.2 Å². The number of carbonyl (C=O) groups is 1. The molecular formula is C29H46N8O2S. The molecule has 4 rings (SSSR count). The van der Waals surface area contributed by atoms with E-state index in [1.54, 1.807) is 11.8 Å². The van der Waals surface area contributed by atoms with E-state index >= 15 is 0 Å². The summed E-state index contributed by atoms with van der Waals surface area (Å²) in [6.07, 6.45) is 2.00. The Morgan fingerprint density at radius 3 is 2.27 bits per heavy atom. The number of benzene rings is 1. The molecule has 2 aromatic rings. The molecule has 2 aliphatic rings. The highest BCUT2D eigenvalue weighted by Gasteiger charge is 2.21. The first-order valence-electron chi connectivity index (χ1n) is 14.4. The summed E-state index contributed by atoms with van der Waals surface area (Å²) < 4.78 is 5.47. The molecule has 11 heteroatoms. The van der Waals surface area contributed by atoms with Crippen LogP contribution < -0.4 is 20.4 Å². The molecule has 0 saturated carbocycles. The number of rotatable bonds is 12. The fraction of sp³-hybridized carbons (Fsp3) is 0.621. The fourth-order valence-electron chi connectivity index (χ4n) is 5.29. The second-order valence-electron chi connectivity index (χ2n) is 10.9. The number of morpholine rings is 1. The molecule has 2 saturated heterocycles. The molecule has 220 valence electrons. The van der Waals surface area contributed by atoms with Crippen LogP contribution in [0.1, 0.15) is 27.7 Å². The van der Waals surface area contributed by atoms with Gasteiger partial charge in [0, 0.05) is 81.9 Å². The van der Waals surface area contributed by atoms with Gasteiger partial charge in [-0.05, 0) is 58.2 Å². The zero-order chi connectivity index (χ0) is 28.5. The van der Waals surface area contributed by atoms with Crippen LogP contribution in [-0.4, -0.2) is 116 Å². The van der Waals surface area contributed by atoms with Gasteiger partial charge in [0.2, 0.25) is 5.91 Å². The Morgan fingerprint density at radius 2 is 1.65 bits per heavy atom. The lowest BCUT2D eigenvalue weighted by Gasteiger charge is -2.35. The molecular weight excluding hydrogens is 524 g/mol. The number of ether oxygens (including phenoxy) is 1. The maximum Gasteiger partial charge on any atom is 0.234 e. The number of anilines is 4. The van der Waals surface area contributed by atoms with Crippen molar-refractivity contribution in [2.75, 3.05) is 93.5 Å². The summed E-state index contributed by atoms with van der Waals surface area (Å²) in [4.78, 5) is 31.3. The fourth-order valence-corrected chi connectivity index (χ4v) is 5.66. The highest BCUT2D eigenvalue weighted by Crippen LogP contribution is 2.25. The quantitative estimate of drug-likeness (QED) is 0.293. The van der Waals surface area contributed by atoms with Crippen LogP contribution in [0, 0.1) is 0 Å². The van der Waals surface area contributed by atoms with Crippen LogP contribution in [0.4, 0.5) is 23.0 Å². The van der Waals surface area contributed by atoms with Crippen molar-refractivity contribution in [3.05, 3.63) is 30.3 Å². The molecule has 0 aliphatic carbocycles. The number of piperazine rings is 1. The van der Waals surface area contributed by atoms with Crippen LogP contribution in [0.15, 0.2) is 35.5 Å². The molecule has 0 bridgehead atoms. The minimum Gasteiger partial charge on any atom is -0.378 e. The van der Waals surface area contributed by atoms with Gasteiger partial charge in [-0.25, -0.2) is 9.97 Å². The Balaban J connectivity index is 1.28. The van der Waals surface area contributed by atoms with Gasteiger partial charge in [-0.3, -0.25) is 14.6 Å². The number of aromatic nitrogens is 2. The van der Waals surface area contributed by atoms with Crippen molar-refractivity contribution >= 4 is 40.7 Å². The summed E-state index contributed by atoms with van der Waals surface area (Å²) in [6, 6.07) is 11.4. The summed E-state index contributed by atoms with van der Waals surface area (Å²) in [5.41, 5.74) is 2.20. The molecule has 0 atom stereocenters. The average molecular weight is 571 g/mol. The van der Waals surface area contributed by atoms with Gasteiger partial charge >= 0.3 is 0 Å². The largest absolute Gasteiger partial charge is 0.378 e. The number of nitrogens with zero attached hydrogens (tertiary/aromatic N) is 6. The van der Waals surface area contributed by atoms with Gasteiger partial charge in [0.25, 0.3) is 0 Å². The van der Waals surface area contributed by atoms with E-state index in [0.717, 1.165) is 81.5 Å². The number of amides is 1. The number of nitrogens with one attached hydrogen (secondary N) is 2. The summed E-state index contributed by atoms with van der Waals surface area (Å²) >= 11 is 1.54. The Bertz CT molecular complexity index is 1060. The van der Waals surface area contributed by atoms with Crippen molar-refractivity contribution < 1.29 is 9.53 Å². The van der Waals surface area contributed by atoms with E-state index in [4.69, 9.17) is 14.7 Å². The number of thioether (sulfide) groups is 1. The van der Waals surface area contributed by atoms with Gasteiger partial charge in [0.05, 0.1) is 19.8 Å². The normalized spacial score (nSPS) is 16.7. The summed E-state index contributed by atoms with van der Waals surface area (Å²) in [5.74, 6) is 1.80. The van der Waals surface area contributed by atoms with E-state index in [1.807, 2.05) is 12.3 Å². The minimum atomic E-state index is 0.0961. The first-order chi connectivity index (χ1) is 19.3. The molecule has 0 radical (unpaired) electrons. The Morgan fingerprint density at radius 1 is 0.975 bits per heavy atom. The van der Waals surface area contributed by atoms with Crippen LogP contribution in [0.25, 0.3) is 0 Å². The van der Waals surface area contributed by atoms with E-state index in [-0.39, 0.29) is 5.91 Å². The van der Waals surface area contributed by atoms with Crippen molar-refractivity contribution in [2.24, 2.45) is 0 Å². The predicted octanol–water partition coefficient (Wildman–Crippen LogP) is 3.14. The summed E-state index contributed by atoms with van der Waals surface area (Å²) in [6.45, 7) is 17.5. The smallest absolute Gasteiger partial charge is 0.234 e. The Kier molecular flexibility index (Phi) is 11.3. The van der Waals surface area contributed by atoms with E-state index in [0.29, 0.717) is 25.2 Å². The molecule has 1 aromatic heterocycles. The predicted molar refractivity (Wildman–Crippen MR) is 165 cm³/mol. The van der Waals surface area contributed by atoms with E-state index in [1.165, 1.54) is 5.69 Å². The van der Waals surface area contributed by atoms with Crippen molar-refractivity contribution in [1.82, 2.24) is 25.1 Å². The van der Waals surface area contributed by atoms with Gasteiger partial charge in [-0.1, -0.05) is 11.8 Å². The number of hydrogen-bond donors (Lipinski definition) is 2. The monoisotopic (exact) mass is 570 g/mol. The third-order valence-corrected chi connectivity index (χ3v) is 8.02. The molecule has 2 N–H and O–H groups in total. The molecule has 40 heavy (non-hydrogen) atoms. The highest BCUT2D eigenvalue weighted by atomic mass is 32.2. The van der Waals surface area contributed by atoms with Crippen molar-refractivity contribution in [3.8, 4) is 0 Å². The lowest BCUT2D eigenvalue weighted by Crippen LogP contribution is -2.50. The molecule has 1 aromatic carbocycles. The Labute approximate surface area is 243 Å². The highest BCUT2D eigenvalue weighted by molar-refractivity contribution is 7.98. The topological polar surface area (TPSA) is 89.1 Å². The van der Waals surface area contributed by atoms with Gasteiger partial charge in [0.1, 0.15) is 11.6 Å². The average Bonchev–Trinajstić information content (AvgIpc) is 2.96. The number of hydrogen-bond acceptors (Lipinski definition) is 10. The maximum atomic E-state index is 12.6. The molecule has 2 aliphatic heterocycles. The second kappa shape index (κ2) is 14.9. The van der Waals surface area contributed by atoms with Crippen LogP contribution in [0.3, 0.4) is 0 Å². The molecule has 2 fully saturated rings. The minimum absolute atomic E-state index is 0.0961. The molecule has 1 amide bonds. The van der Waals surface area contributed by atoms with Crippen molar-refractivity contribution in [3.63, 3.8) is 0 Å². The third-order valence-electron chi connectivity index (χ3n) is 7.47. The van der Waals surface area contributed by atoms with Crippen LogP contribution in [-0.2, 0) is 9.53 Å². The van der Waals surface area contributed by atoms with E-state index in [9.17, 15) is 4.79 Å². The molecule has 0 spiro atoms. The lowest BCUT2D eigenvalue weighted by atomic mass is 10.2. The molecule has 3 heterocycles. The zero-order valence-corrected chi connectivity index (χ0v) is 25.5. The van der Waals surface area contributed by atoms with Gasteiger partial charge < -0.3 is 25.2 Å². The van der Waals surface area contributed by atoms with Gasteiger partial charge in [-0.2, -0.15) is 0 Å². The first-order valence-corrected chi connectivity index (χ1v) is 15.7. The first kappa shape index (κ1) is 30.4. The SMILES string of the molecule is CSc1nc(Nc2ccc(N3CCOCC3)cc2)cc(N2CCN(CC(=O)NCCN(C(C)C)C(C)C)CC2)n1. The van der Waals surface area contributed by atoms with Crippen LogP contribution in [0.5, 0.6) is 0 Å². The Hall–Kier alpha value is -2.60. The maximum absolute atomic E-state index is 12.6. The zero-order valence-electron chi connectivity index (χ0n) is 24.7. The van der Waals surface area contributed by atoms with Crippen molar-refractivity contribution in [2.45, 2.75) is 44.9 Å². The van der Waals surface area contributed by atoms with Crippen LogP contribution >= 0.6 is 11.8 Å². The summed E-state index contributed by atoms with van der Waals surface area (Å²) in [7, 11) is 0. The number of carbonyl (C=O) groups excluding carboxylic acids is 1.